The second-order valence-corrected chi connectivity index (χ2v) is 8.80. The molecule has 148 valence electrons. The third-order valence-corrected chi connectivity index (χ3v) is 6.38. The molecule has 29 heavy (non-hydrogen) atoms. The number of allylic oxidation sites excluding steroid dienone is 1. The molecule has 0 amide bonds. The SMILES string of the molecule is Cc1ccc(S(=O)(=O)Nc2ccc(C(=O)C=Cc3cccc(Cl)c3Cl)cc2)cc1. The largest absolute Gasteiger partial charge is 0.289 e. The van der Waals surface area contributed by atoms with Crippen molar-refractivity contribution in [3.05, 3.63) is 99.5 Å². The summed E-state index contributed by atoms with van der Waals surface area (Å²) in [6.45, 7) is 1.88. The van der Waals surface area contributed by atoms with E-state index in [0.717, 1.165) is 5.56 Å². The summed E-state index contributed by atoms with van der Waals surface area (Å²) in [5, 5.41) is 0.783. The van der Waals surface area contributed by atoms with Gasteiger partial charge in [0.15, 0.2) is 5.78 Å². The first-order chi connectivity index (χ1) is 13.8. The van der Waals surface area contributed by atoms with Crippen molar-refractivity contribution in [1.82, 2.24) is 0 Å². The molecular formula is C22H17Cl2NO3S. The molecule has 0 aliphatic carbocycles. The second-order valence-electron chi connectivity index (χ2n) is 6.34. The van der Waals surface area contributed by atoms with Crippen LogP contribution >= 0.6 is 23.2 Å². The summed E-state index contributed by atoms with van der Waals surface area (Å²) < 4.78 is 27.4. The number of ketones is 1. The molecule has 0 heterocycles. The molecule has 0 radical (unpaired) electrons. The number of carbonyl (C=O) groups excluding carboxylic acids is 1. The molecule has 7 heteroatoms. The van der Waals surface area contributed by atoms with Crippen LogP contribution < -0.4 is 4.72 Å². The number of hydrogen-bond donors (Lipinski definition) is 1. The van der Waals surface area contributed by atoms with E-state index >= 15 is 0 Å². The highest BCUT2D eigenvalue weighted by Gasteiger charge is 2.14. The minimum absolute atomic E-state index is 0.171. The van der Waals surface area contributed by atoms with Crippen molar-refractivity contribution in [2.75, 3.05) is 4.72 Å². The van der Waals surface area contributed by atoms with Gasteiger partial charge < -0.3 is 0 Å². The van der Waals surface area contributed by atoms with Gasteiger partial charge in [-0.1, -0.05) is 53.0 Å². The van der Waals surface area contributed by atoms with Crippen molar-refractivity contribution in [3.63, 3.8) is 0 Å². The van der Waals surface area contributed by atoms with Crippen LogP contribution in [-0.2, 0) is 10.0 Å². The van der Waals surface area contributed by atoms with Crippen LogP contribution in [0.2, 0.25) is 10.0 Å². The molecule has 0 aromatic heterocycles. The quantitative estimate of drug-likeness (QED) is 0.373. The standard InChI is InChI=1S/C22H17Cl2NO3S/c1-15-5-12-19(13-6-15)29(27,28)25-18-10-7-16(8-11-18)21(26)14-9-17-3-2-4-20(23)22(17)24/h2-14,25H,1H3. The minimum Gasteiger partial charge on any atom is -0.289 e. The lowest BCUT2D eigenvalue weighted by molar-refractivity contribution is 0.104. The fourth-order valence-corrected chi connectivity index (χ4v) is 3.97. The van der Waals surface area contributed by atoms with Gasteiger partial charge in [-0.15, -0.1) is 0 Å². The summed E-state index contributed by atoms with van der Waals surface area (Å²) in [6, 6.07) is 17.9. The average molecular weight is 446 g/mol. The molecule has 0 unspecified atom stereocenters. The molecule has 0 fully saturated rings. The summed E-state index contributed by atoms with van der Waals surface area (Å²) in [5.74, 6) is -0.242. The number of anilines is 1. The highest BCUT2D eigenvalue weighted by atomic mass is 35.5. The molecule has 1 N–H and O–H groups in total. The predicted molar refractivity (Wildman–Crippen MR) is 118 cm³/mol. The highest BCUT2D eigenvalue weighted by Crippen LogP contribution is 2.26. The zero-order chi connectivity index (χ0) is 21.0. The van der Waals surface area contributed by atoms with Crippen molar-refractivity contribution in [3.8, 4) is 0 Å². The van der Waals surface area contributed by atoms with Gasteiger partial charge in [0.25, 0.3) is 10.0 Å². The van der Waals surface area contributed by atoms with Crippen molar-refractivity contribution >= 4 is 50.8 Å². The fraction of sp³-hybridized carbons (Fsp3) is 0.0455. The van der Waals surface area contributed by atoms with Crippen LogP contribution in [0, 0.1) is 6.92 Å². The Morgan fingerprint density at radius 3 is 2.24 bits per heavy atom. The van der Waals surface area contributed by atoms with E-state index in [1.54, 1.807) is 72.8 Å². The molecule has 0 spiro atoms. The Balaban J connectivity index is 1.72. The Bertz CT molecular complexity index is 1170. The van der Waals surface area contributed by atoms with Gasteiger partial charge in [0, 0.05) is 11.3 Å². The molecule has 0 aliphatic rings. The number of aryl methyl sites for hydroxylation is 1. The van der Waals surface area contributed by atoms with E-state index < -0.39 is 10.0 Å². The van der Waals surface area contributed by atoms with Crippen LogP contribution in [0.1, 0.15) is 21.5 Å². The maximum Gasteiger partial charge on any atom is 0.261 e. The number of halogens is 2. The summed E-state index contributed by atoms with van der Waals surface area (Å²) in [4.78, 5) is 12.5. The molecule has 0 saturated heterocycles. The van der Waals surface area contributed by atoms with Crippen molar-refractivity contribution in [1.29, 1.82) is 0 Å². The smallest absolute Gasteiger partial charge is 0.261 e. The van der Waals surface area contributed by atoms with E-state index in [-0.39, 0.29) is 10.7 Å². The van der Waals surface area contributed by atoms with Gasteiger partial charge in [0.1, 0.15) is 0 Å². The van der Waals surface area contributed by atoms with Crippen molar-refractivity contribution < 1.29 is 13.2 Å². The first kappa shape index (κ1) is 21.1. The summed E-state index contributed by atoms with van der Waals surface area (Å²) in [7, 11) is -3.69. The van der Waals surface area contributed by atoms with E-state index in [2.05, 4.69) is 4.72 Å². The maximum absolute atomic E-state index is 12.4. The van der Waals surface area contributed by atoms with Crippen LogP contribution in [0.4, 0.5) is 5.69 Å². The van der Waals surface area contributed by atoms with Gasteiger partial charge in [0.2, 0.25) is 0 Å². The normalized spacial score (nSPS) is 11.6. The zero-order valence-electron chi connectivity index (χ0n) is 15.4. The van der Waals surface area contributed by atoms with E-state index in [0.29, 0.717) is 26.9 Å². The van der Waals surface area contributed by atoms with Crippen molar-refractivity contribution in [2.45, 2.75) is 11.8 Å². The lowest BCUT2D eigenvalue weighted by Crippen LogP contribution is -2.13. The molecule has 3 rings (SSSR count). The Hall–Kier alpha value is -2.60. The van der Waals surface area contributed by atoms with Crippen LogP contribution in [0.25, 0.3) is 6.08 Å². The Kier molecular flexibility index (Phi) is 6.42. The molecule has 0 atom stereocenters. The number of sulfonamides is 1. The Labute approximate surface area is 179 Å². The monoisotopic (exact) mass is 445 g/mol. The van der Waals surface area contributed by atoms with Gasteiger partial charge >= 0.3 is 0 Å². The predicted octanol–water partition coefficient (Wildman–Crippen LogP) is 6.00. The van der Waals surface area contributed by atoms with Gasteiger partial charge in [0.05, 0.1) is 14.9 Å². The maximum atomic E-state index is 12.4. The molecule has 4 nitrogen and oxygen atoms in total. The van der Waals surface area contributed by atoms with E-state index in [1.165, 1.54) is 6.08 Å². The molecule has 3 aromatic carbocycles. The van der Waals surface area contributed by atoms with Crippen LogP contribution in [0.3, 0.4) is 0 Å². The molecule has 0 aliphatic heterocycles. The lowest BCUT2D eigenvalue weighted by atomic mass is 10.1. The van der Waals surface area contributed by atoms with Gasteiger partial charge in [-0.05, 0) is 67.1 Å². The minimum atomic E-state index is -3.69. The van der Waals surface area contributed by atoms with Crippen LogP contribution in [0.5, 0.6) is 0 Å². The van der Waals surface area contributed by atoms with Gasteiger partial charge in [-0.2, -0.15) is 0 Å². The lowest BCUT2D eigenvalue weighted by Gasteiger charge is -2.08. The summed E-state index contributed by atoms with van der Waals surface area (Å²) in [6.07, 6.45) is 2.98. The summed E-state index contributed by atoms with van der Waals surface area (Å²) >= 11 is 12.1. The third-order valence-electron chi connectivity index (χ3n) is 4.15. The fourth-order valence-electron chi connectivity index (χ4n) is 2.54. The number of benzene rings is 3. The second kappa shape index (κ2) is 8.82. The topological polar surface area (TPSA) is 63.2 Å². The van der Waals surface area contributed by atoms with Gasteiger partial charge in [-0.25, -0.2) is 8.42 Å². The number of hydrogen-bond acceptors (Lipinski definition) is 3. The van der Waals surface area contributed by atoms with E-state index in [4.69, 9.17) is 23.2 Å². The Morgan fingerprint density at radius 2 is 1.59 bits per heavy atom. The summed E-state index contributed by atoms with van der Waals surface area (Å²) in [5.41, 5.74) is 2.38. The molecular weight excluding hydrogens is 429 g/mol. The zero-order valence-corrected chi connectivity index (χ0v) is 17.7. The first-order valence-corrected chi connectivity index (χ1v) is 10.9. The van der Waals surface area contributed by atoms with Crippen LogP contribution in [-0.4, -0.2) is 14.2 Å². The van der Waals surface area contributed by atoms with E-state index in [9.17, 15) is 13.2 Å². The van der Waals surface area contributed by atoms with E-state index in [1.807, 2.05) is 6.92 Å². The molecule has 0 bridgehead atoms. The Morgan fingerprint density at radius 1 is 0.931 bits per heavy atom. The van der Waals surface area contributed by atoms with Crippen molar-refractivity contribution in [2.24, 2.45) is 0 Å². The first-order valence-electron chi connectivity index (χ1n) is 8.62. The van der Waals surface area contributed by atoms with Gasteiger partial charge in [-0.3, -0.25) is 9.52 Å². The number of carbonyl (C=O) groups is 1. The highest BCUT2D eigenvalue weighted by molar-refractivity contribution is 7.92. The third kappa shape index (κ3) is 5.26. The number of rotatable bonds is 6. The molecule has 3 aromatic rings. The molecule has 0 saturated carbocycles. The van der Waals surface area contributed by atoms with Crippen LogP contribution in [0.15, 0.2) is 77.7 Å². The average Bonchev–Trinajstić information content (AvgIpc) is 2.69. The number of nitrogens with one attached hydrogen (secondary N) is 1.